The molecular formula is C23H23FN4O3. The van der Waals surface area contributed by atoms with Crippen molar-refractivity contribution in [3.8, 4) is 0 Å². The van der Waals surface area contributed by atoms with E-state index in [1.165, 1.54) is 19.1 Å². The summed E-state index contributed by atoms with van der Waals surface area (Å²) in [7, 11) is 0. The maximum atomic E-state index is 13.6. The maximum Gasteiger partial charge on any atom is 0.229 e. The van der Waals surface area contributed by atoms with Crippen LogP contribution in [0, 0.1) is 11.7 Å². The molecule has 1 atom stereocenters. The summed E-state index contributed by atoms with van der Waals surface area (Å²) in [4.78, 5) is 40.9. The summed E-state index contributed by atoms with van der Waals surface area (Å²) in [6, 6.07) is 11.4. The van der Waals surface area contributed by atoms with Crippen LogP contribution in [0.3, 0.4) is 0 Å². The van der Waals surface area contributed by atoms with E-state index < -0.39 is 5.92 Å². The number of carbonyl (C=O) groups is 3. The Morgan fingerprint density at radius 3 is 2.55 bits per heavy atom. The number of nitrogens with zero attached hydrogens (tertiary/aromatic N) is 1. The van der Waals surface area contributed by atoms with Crippen molar-refractivity contribution in [3.63, 3.8) is 0 Å². The van der Waals surface area contributed by atoms with Crippen molar-refractivity contribution in [1.29, 1.82) is 0 Å². The molecule has 3 aromatic rings. The van der Waals surface area contributed by atoms with Crippen LogP contribution in [-0.4, -0.2) is 40.7 Å². The highest BCUT2D eigenvalue weighted by Gasteiger charge is 2.34. The molecule has 1 unspecified atom stereocenters. The van der Waals surface area contributed by atoms with Crippen LogP contribution in [0.4, 0.5) is 15.8 Å². The van der Waals surface area contributed by atoms with Gasteiger partial charge in [-0.05, 0) is 54.4 Å². The van der Waals surface area contributed by atoms with Crippen LogP contribution >= 0.6 is 0 Å². The lowest BCUT2D eigenvalue weighted by Crippen LogP contribution is -2.30. The van der Waals surface area contributed by atoms with Crippen LogP contribution in [0.2, 0.25) is 0 Å². The minimum atomic E-state index is -0.428. The summed E-state index contributed by atoms with van der Waals surface area (Å²) in [6.45, 7) is 2.25. The first-order valence-corrected chi connectivity index (χ1v) is 10.1. The largest absolute Gasteiger partial charge is 0.361 e. The monoisotopic (exact) mass is 422 g/mol. The van der Waals surface area contributed by atoms with E-state index in [1.807, 2.05) is 6.20 Å². The highest BCUT2D eigenvalue weighted by Crippen LogP contribution is 2.24. The molecule has 1 aliphatic rings. The van der Waals surface area contributed by atoms with Gasteiger partial charge in [0.05, 0.1) is 5.92 Å². The molecule has 3 amide bonds. The fourth-order valence-corrected chi connectivity index (χ4v) is 3.86. The maximum absolute atomic E-state index is 13.6. The van der Waals surface area contributed by atoms with E-state index >= 15 is 0 Å². The summed E-state index contributed by atoms with van der Waals surface area (Å²) < 4.78 is 13.6. The van der Waals surface area contributed by atoms with E-state index in [9.17, 15) is 18.8 Å². The Hall–Kier alpha value is -3.68. The number of fused-ring (bicyclic) bond motifs is 1. The summed E-state index contributed by atoms with van der Waals surface area (Å²) >= 11 is 0. The lowest BCUT2D eigenvalue weighted by molar-refractivity contribution is -0.128. The predicted molar refractivity (Wildman–Crippen MR) is 116 cm³/mol. The van der Waals surface area contributed by atoms with Gasteiger partial charge >= 0.3 is 0 Å². The molecule has 160 valence electrons. The number of halogens is 1. The third-order valence-electron chi connectivity index (χ3n) is 5.44. The zero-order valence-corrected chi connectivity index (χ0v) is 17.1. The number of H-pyrrole nitrogens is 1. The Morgan fingerprint density at radius 1 is 1.13 bits per heavy atom. The van der Waals surface area contributed by atoms with E-state index in [0.717, 1.165) is 16.5 Å². The second-order valence-corrected chi connectivity index (χ2v) is 7.74. The molecule has 2 aromatic carbocycles. The van der Waals surface area contributed by atoms with Gasteiger partial charge in [-0.2, -0.15) is 0 Å². The Morgan fingerprint density at radius 2 is 1.84 bits per heavy atom. The minimum absolute atomic E-state index is 0.0628. The van der Waals surface area contributed by atoms with Gasteiger partial charge in [-0.3, -0.25) is 14.4 Å². The molecular weight excluding hydrogens is 399 g/mol. The Labute approximate surface area is 178 Å². The molecule has 1 saturated heterocycles. The van der Waals surface area contributed by atoms with Crippen LogP contribution in [0.5, 0.6) is 0 Å². The highest BCUT2D eigenvalue weighted by molar-refractivity contribution is 5.97. The first-order chi connectivity index (χ1) is 14.9. The smallest absolute Gasteiger partial charge is 0.229 e. The molecule has 0 radical (unpaired) electrons. The van der Waals surface area contributed by atoms with E-state index in [0.29, 0.717) is 30.9 Å². The molecule has 1 fully saturated rings. The summed E-state index contributed by atoms with van der Waals surface area (Å²) in [5.41, 5.74) is 3.04. The van der Waals surface area contributed by atoms with Gasteiger partial charge in [-0.1, -0.05) is 0 Å². The molecule has 8 heteroatoms. The van der Waals surface area contributed by atoms with Gasteiger partial charge in [-0.25, -0.2) is 4.39 Å². The van der Waals surface area contributed by atoms with Crippen molar-refractivity contribution in [1.82, 2.24) is 9.88 Å². The second kappa shape index (κ2) is 8.59. The molecule has 0 aliphatic carbocycles. The number of anilines is 2. The van der Waals surface area contributed by atoms with Gasteiger partial charge in [0.1, 0.15) is 5.82 Å². The number of likely N-dealkylation sites (tertiary alicyclic amines) is 1. The van der Waals surface area contributed by atoms with Crippen LogP contribution in [0.15, 0.2) is 48.7 Å². The zero-order chi connectivity index (χ0) is 22.0. The average molecular weight is 422 g/mol. The van der Waals surface area contributed by atoms with Crippen molar-refractivity contribution < 1.29 is 18.8 Å². The number of amides is 3. The molecule has 0 spiro atoms. The van der Waals surface area contributed by atoms with E-state index in [4.69, 9.17) is 0 Å². The Balaban J connectivity index is 1.33. The van der Waals surface area contributed by atoms with E-state index in [1.54, 1.807) is 35.2 Å². The number of aromatic nitrogens is 1. The average Bonchev–Trinajstić information content (AvgIpc) is 3.30. The van der Waals surface area contributed by atoms with Crippen LogP contribution in [0.25, 0.3) is 10.9 Å². The third kappa shape index (κ3) is 4.74. The molecule has 1 aromatic heterocycles. The topological polar surface area (TPSA) is 94.3 Å². The van der Waals surface area contributed by atoms with Crippen molar-refractivity contribution >= 4 is 40.0 Å². The molecule has 0 bridgehead atoms. The molecule has 4 rings (SSSR count). The summed E-state index contributed by atoms with van der Waals surface area (Å²) in [5.74, 6) is -1.17. The van der Waals surface area contributed by atoms with Crippen molar-refractivity contribution in [2.75, 3.05) is 23.7 Å². The van der Waals surface area contributed by atoms with Gasteiger partial charge in [0.15, 0.2) is 0 Å². The standard InChI is InChI=1S/C23H23FN4O3/c1-14(29)26-18-3-5-19(6-4-18)27-23(31)16-10-22(30)28(13-16)9-8-15-12-25-21-7-2-17(24)11-20(15)21/h2-7,11-12,16,25H,8-10,13H2,1H3,(H,26,29)(H,27,31). The van der Waals surface area contributed by atoms with Gasteiger partial charge in [0, 0.05) is 54.9 Å². The van der Waals surface area contributed by atoms with E-state index in [-0.39, 0.29) is 30.0 Å². The molecule has 1 aliphatic heterocycles. The fourth-order valence-electron chi connectivity index (χ4n) is 3.86. The molecule has 0 saturated carbocycles. The van der Waals surface area contributed by atoms with Crippen LogP contribution < -0.4 is 10.6 Å². The quantitative estimate of drug-likeness (QED) is 0.569. The number of benzene rings is 2. The fraction of sp³-hybridized carbons (Fsp3) is 0.261. The van der Waals surface area contributed by atoms with Gasteiger partial charge in [0.25, 0.3) is 0 Å². The number of hydrogen-bond donors (Lipinski definition) is 3. The number of rotatable bonds is 6. The molecule has 2 heterocycles. The van der Waals surface area contributed by atoms with Gasteiger partial charge in [0.2, 0.25) is 17.7 Å². The number of nitrogens with one attached hydrogen (secondary N) is 3. The Bertz CT molecular complexity index is 1140. The number of carbonyl (C=O) groups excluding carboxylic acids is 3. The van der Waals surface area contributed by atoms with Gasteiger partial charge < -0.3 is 20.5 Å². The SMILES string of the molecule is CC(=O)Nc1ccc(NC(=O)C2CC(=O)N(CCc3c[nH]c4ccc(F)cc34)C2)cc1. The predicted octanol–water partition coefficient (Wildman–Crippen LogP) is 3.30. The van der Waals surface area contributed by atoms with Crippen LogP contribution in [0.1, 0.15) is 18.9 Å². The first-order valence-electron chi connectivity index (χ1n) is 10.1. The van der Waals surface area contributed by atoms with Crippen LogP contribution in [-0.2, 0) is 20.8 Å². The minimum Gasteiger partial charge on any atom is -0.361 e. The molecule has 3 N–H and O–H groups in total. The summed E-state index contributed by atoms with van der Waals surface area (Å²) in [6.07, 6.45) is 2.58. The normalized spacial score (nSPS) is 16.0. The van der Waals surface area contributed by atoms with E-state index in [2.05, 4.69) is 15.6 Å². The molecule has 31 heavy (non-hydrogen) atoms. The number of aromatic amines is 1. The number of hydrogen-bond acceptors (Lipinski definition) is 3. The lowest BCUT2D eigenvalue weighted by Gasteiger charge is -2.16. The summed E-state index contributed by atoms with van der Waals surface area (Å²) in [5, 5.41) is 6.30. The van der Waals surface area contributed by atoms with Crippen molar-refractivity contribution in [2.45, 2.75) is 19.8 Å². The highest BCUT2D eigenvalue weighted by atomic mass is 19.1. The Kier molecular flexibility index (Phi) is 5.70. The lowest BCUT2D eigenvalue weighted by atomic mass is 10.1. The molecule has 7 nitrogen and oxygen atoms in total. The zero-order valence-electron chi connectivity index (χ0n) is 17.1. The second-order valence-electron chi connectivity index (χ2n) is 7.74. The van der Waals surface area contributed by atoms with Gasteiger partial charge in [-0.15, -0.1) is 0 Å². The van der Waals surface area contributed by atoms with Crippen molar-refractivity contribution in [3.05, 3.63) is 60.0 Å². The third-order valence-corrected chi connectivity index (χ3v) is 5.44. The first kappa shape index (κ1) is 20.6. The van der Waals surface area contributed by atoms with Crippen molar-refractivity contribution in [2.24, 2.45) is 5.92 Å².